The van der Waals surface area contributed by atoms with Crippen LogP contribution in [0.5, 0.6) is 5.75 Å². The standard InChI is InChI=1S/C24H25FN6O3/c1-14-4-3-7-33-21-10-18(25)20(30-11-15-8-16(12-30)34-15)9-17(21)24(32)28-22-6-2-5-19(27-22)23-29-26-13-31(14)23/h2,5-6,9-10,13-16H,3-4,7-8,11-12H2,1H3,(H,27,28,32). The van der Waals surface area contributed by atoms with Crippen LogP contribution >= 0.6 is 0 Å². The predicted molar refractivity (Wildman–Crippen MR) is 123 cm³/mol. The lowest BCUT2D eigenvalue weighted by molar-refractivity contribution is -0.133. The quantitative estimate of drug-likeness (QED) is 0.590. The second-order valence-electron chi connectivity index (χ2n) is 9.08. The van der Waals surface area contributed by atoms with E-state index in [0.717, 1.165) is 12.8 Å². The van der Waals surface area contributed by atoms with Crippen LogP contribution in [0.15, 0.2) is 36.7 Å². The van der Waals surface area contributed by atoms with Crippen LogP contribution in [0.3, 0.4) is 0 Å². The Morgan fingerprint density at radius 3 is 2.85 bits per heavy atom. The van der Waals surface area contributed by atoms with Gasteiger partial charge in [-0.2, -0.15) is 0 Å². The number of hydrogen-bond acceptors (Lipinski definition) is 7. The van der Waals surface area contributed by atoms with Crippen molar-refractivity contribution in [3.63, 3.8) is 0 Å². The molecule has 1 amide bonds. The molecule has 6 heterocycles. The van der Waals surface area contributed by atoms with Crippen molar-refractivity contribution < 1.29 is 18.7 Å². The van der Waals surface area contributed by atoms with Crippen molar-refractivity contribution in [2.24, 2.45) is 0 Å². The van der Waals surface area contributed by atoms with Gasteiger partial charge in [-0.3, -0.25) is 4.79 Å². The van der Waals surface area contributed by atoms with Crippen LogP contribution < -0.4 is 15.0 Å². The van der Waals surface area contributed by atoms with E-state index in [2.05, 4.69) is 27.4 Å². The summed E-state index contributed by atoms with van der Waals surface area (Å²) >= 11 is 0. The van der Waals surface area contributed by atoms with E-state index in [4.69, 9.17) is 9.47 Å². The summed E-state index contributed by atoms with van der Waals surface area (Å²) in [6, 6.07) is 8.37. The van der Waals surface area contributed by atoms with Crippen molar-refractivity contribution in [1.29, 1.82) is 0 Å². The molecule has 4 bridgehead atoms. The van der Waals surface area contributed by atoms with Gasteiger partial charge in [-0.25, -0.2) is 9.37 Å². The van der Waals surface area contributed by atoms with Gasteiger partial charge < -0.3 is 24.3 Å². The second kappa shape index (κ2) is 8.35. The number of benzene rings is 1. The van der Waals surface area contributed by atoms with Gasteiger partial charge in [0.15, 0.2) is 5.82 Å². The first-order valence-corrected chi connectivity index (χ1v) is 11.6. The lowest BCUT2D eigenvalue weighted by atomic mass is 9.97. The maximum absolute atomic E-state index is 15.2. The Balaban J connectivity index is 1.37. The average Bonchev–Trinajstić information content (AvgIpc) is 3.31. The Morgan fingerprint density at radius 1 is 1.21 bits per heavy atom. The zero-order valence-corrected chi connectivity index (χ0v) is 18.8. The maximum Gasteiger partial charge on any atom is 0.260 e. The summed E-state index contributed by atoms with van der Waals surface area (Å²) in [4.78, 5) is 19.8. The highest BCUT2D eigenvalue weighted by Crippen LogP contribution is 2.36. The minimum absolute atomic E-state index is 0.114. The highest BCUT2D eigenvalue weighted by atomic mass is 19.1. The molecule has 3 unspecified atom stereocenters. The number of piperidine rings is 1. The summed E-state index contributed by atoms with van der Waals surface area (Å²) in [5, 5.41) is 11.1. The van der Waals surface area contributed by atoms with E-state index in [9.17, 15) is 4.79 Å². The van der Waals surface area contributed by atoms with Crippen molar-refractivity contribution in [1.82, 2.24) is 19.7 Å². The Labute approximate surface area is 195 Å². The summed E-state index contributed by atoms with van der Waals surface area (Å²) in [5.74, 6) is 0.411. The number of halogens is 1. The molecule has 0 saturated carbocycles. The lowest BCUT2D eigenvalue weighted by Crippen LogP contribution is -2.57. The van der Waals surface area contributed by atoms with Gasteiger partial charge in [-0.1, -0.05) is 6.07 Å². The topological polar surface area (TPSA) is 94.4 Å². The van der Waals surface area contributed by atoms with Crippen molar-refractivity contribution >= 4 is 17.4 Å². The Bertz CT molecular complexity index is 1230. The van der Waals surface area contributed by atoms with E-state index in [1.165, 1.54) is 6.07 Å². The fourth-order valence-corrected chi connectivity index (χ4v) is 4.90. The molecule has 1 N–H and O–H groups in total. The van der Waals surface area contributed by atoms with Crippen LogP contribution in [0.2, 0.25) is 0 Å². The maximum atomic E-state index is 15.2. The fraction of sp³-hybridized carbons (Fsp3) is 0.417. The van der Waals surface area contributed by atoms with Crippen molar-refractivity contribution in [2.75, 3.05) is 29.9 Å². The average molecular weight is 465 g/mol. The van der Waals surface area contributed by atoms with Crippen LogP contribution in [0, 0.1) is 5.82 Å². The smallest absolute Gasteiger partial charge is 0.260 e. The van der Waals surface area contributed by atoms with E-state index >= 15 is 4.39 Å². The SMILES string of the molecule is CC1CCCOc2cc(F)c(N3CC4CC(C3)O4)cc2C(=O)Nc2cccc(n2)-c2nncn21. The van der Waals surface area contributed by atoms with Crippen molar-refractivity contribution in [2.45, 2.75) is 44.4 Å². The summed E-state index contributed by atoms with van der Waals surface area (Å²) in [5.41, 5.74) is 1.28. The van der Waals surface area contributed by atoms with Gasteiger partial charge in [0.05, 0.1) is 30.1 Å². The first-order chi connectivity index (χ1) is 16.5. The van der Waals surface area contributed by atoms with Gasteiger partial charge >= 0.3 is 0 Å². The number of carbonyl (C=O) groups excluding carboxylic acids is 1. The van der Waals surface area contributed by atoms with Crippen molar-refractivity contribution in [3.8, 4) is 17.3 Å². The van der Waals surface area contributed by atoms with Gasteiger partial charge in [0, 0.05) is 31.6 Å². The van der Waals surface area contributed by atoms with Gasteiger partial charge in [-0.05, 0) is 38.0 Å². The monoisotopic (exact) mass is 464 g/mol. The number of carbonyl (C=O) groups is 1. The number of fused-ring (bicyclic) bond motifs is 7. The number of anilines is 2. The van der Waals surface area contributed by atoms with E-state index in [1.807, 2.05) is 15.5 Å². The zero-order valence-electron chi connectivity index (χ0n) is 18.8. The van der Waals surface area contributed by atoms with Crippen LogP contribution in [0.4, 0.5) is 15.9 Å². The summed E-state index contributed by atoms with van der Waals surface area (Å²) in [6.45, 7) is 3.65. The molecular weight excluding hydrogens is 439 g/mol. The highest BCUT2D eigenvalue weighted by molar-refractivity contribution is 6.06. The molecule has 0 radical (unpaired) electrons. The molecule has 9 nitrogen and oxygen atoms in total. The predicted octanol–water partition coefficient (Wildman–Crippen LogP) is 3.44. The van der Waals surface area contributed by atoms with E-state index < -0.39 is 11.7 Å². The molecule has 0 spiro atoms. The third kappa shape index (κ3) is 3.77. The molecule has 7 rings (SSSR count). The number of hydrogen-bond donors (Lipinski definition) is 1. The van der Waals surface area contributed by atoms with Crippen LogP contribution in [0.1, 0.15) is 42.6 Å². The molecule has 34 heavy (non-hydrogen) atoms. The van der Waals surface area contributed by atoms with Gasteiger partial charge in [0.1, 0.15) is 29.4 Å². The second-order valence-corrected chi connectivity index (χ2v) is 9.08. The van der Waals surface area contributed by atoms with Gasteiger partial charge in [0.25, 0.3) is 5.91 Å². The first kappa shape index (κ1) is 21.0. The molecule has 1 aromatic carbocycles. The van der Waals surface area contributed by atoms with Crippen LogP contribution in [-0.4, -0.2) is 57.6 Å². The number of ether oxygens (including phenoxy) is 2. The molecule has 4 aliphatic heterocycles. The number of rotatable bonds is 1. The summed E-state index contributed by atoms with van der Waals surface area (Å²) in [6.07, 6.45) is 4.43. The number of morpholine rings is 1. The zero-order chi connectivity index (χ0) is 23.2. The molecule has 3 saturated heterocycles. The Morgan fingerprint density at radius 2 is 2.03 bits per heavy atom. The number of amides is 1. The fourth-order valence-electron chi connectivity index (χ4n) is 4.90. The minimum atomic E-state index is -0.411. The largest absolute Gasteiger partial charge is 0.493 e. The van der Waals surface area contributed by atoms with E-state index in [-0.39, 0.29) is 29.6 Å². The Kier molecular flexibility index (Phi) is 5.17. The Hall–Kier alpha value is -3.53. The molecule has 4 aliphatic rings. The van der Waals surface area contributed by atoms with Gasteiger partial charge in [-0.15, -0.1) is 10.2 Å². The normalized spacial score (nSPS) is 24.1. The minimum Gasteiger partial charge on any atom is -0.493 e. The number of nitrogens with one attached hydrogen (secondary N) is 1. The molecule has 176 valence electrons. The first-order valence-electron chi connectivity index (χ1n) is 11.6. The number of pyridine rings is 1. The molecule has 3 atom stereocenters. The summed E-state index contributed by atoms with van der Waals surface area (Å²) < 4.78 is 28.7. The van der Waals surface area contributed by atoms with Gasteiger partial charge in [0.2, 0.25) is 0 Å². The highest BCUT2D eigenvalue weighted by Gasteiger charge is 2.39. The molecule has 10 heteroatoms. The van der Waals surface area contributed by atoms with E-state index in [0.29, 0.717) is 49.1 Å². The lowest BCUT2D eigenvalue weighted by Gasteiger charge is -2.48. The number of nitrogens with zero attached hydrogens (tertiary/aromatic N) is 5. The summed E-state index contributed by atoms with van der Waals surface area (Å²) in [7, 11) is 0. The molecule has 2 aromatic heterocycles. The van der Waals surface area contributed by atoms with Crippen LogP contribution in [-0.2, 0) is 4.74 Å². The molecule has 0 aliphatic carbocycles. The van der Waals surface area contributed by atoms with Crippen molar-refractivity contribution in [3.05, 3.63) is 48.0 Å². The molecule has 3 aromatic rings. The number of aromatic nitrogens is 4. The molecular formula is C24H25FN6O3. The molecule has 3 fully saturated rings. The third-order valence-corrected chi connectivity index (χ3v) is 6.68. The van der Waals surface area contributed by atoms with Crippen LogP contribution in [0.25, 0.3) is 11.5 Å². The third-order valence-electron chi connectivity index (χ3n) is 6.68. The van der Waals surface area contributed by atoms with E-state index in [1.54, 1.807) is 24.5 Å².